The average molecular weight is 609 g/mol. The zero-order valence-corrected chi connectivity index (χ0v) is 24.6. The molecular formula is C31H36N4O7S. The van der Waals surface area contributed by atoms with Gasteiger partial charge in [-0.1, -0.05) is 18.2 Å². The number of amides is 1. The number of hydrogen-bond acceptors (Lipinski definition) is 11. The quantitative estimate of drug-likeness (QED) is 0.155. The van der Waals surface area contributed by atoms with Crippen LogP contribution in [-0.2, 0) is 14.3 Å². The Bertz CT molecular complexity index is 1510. The van der Waals surface area contributed by atoms with E-state index in [9.17, 15) is 30.5 Å². The molecule has 2 aliphatic heterocycles. The van der Waals surface area contributed by atoms with Crippen molar-refractivity contribution in [1.29, 1.82) is 5.26 Å². The molecule has 3 heterocycles. The molecule has 0 spiro atoms. The molecule has 2 saturated heterocycles. The summed E-state index contributed by atoms with van der Waals surface area (Å²) in [7, 11) is 0. The van der Waals surface area contributed by atoms with E-state index in [4.69, 9.17) is 9.47 Å². The van der Waals surface area contributed by atoms with Crippen molar-refractivity contribution < 1.29 is 34.7 Å². The number of anilines is 1. The second-order valence-electron chi connectivity index (χ2n) is 10.7. The highest BCUT2D eigenvalue weighted by Gasteiger charge is 2.43. The van der Waals surface area contributed by atoms with Crippen molar-refractivity contribution in [3.63, 3.8) is 0 Å². The standard InChI is InChI=1S/C31H36N4O7S/c1-18(23(16-32)30(39)34-17-24-27(36)28(37)29(38)31(40)42-24)25-6-7-26(43-25)21-3-2-20-15-22(5-4-19(20)14-21)33-8-9-35-10-12-41-13-11-35/h2-7,14-15,24,27-29,31,33,36-38,40H,8-13,17H2,1H3,(H,34,39)/b23-18+/t24-,27-,28+,29-,31?/m1/s1. The van der Waals surface area contributed by atoms with E-state index in [2.05, 4.69) is 51.9 Å². The molecule has 11 nitrogen and oxygen atoms in total. The molecule has 0 saturated carbocycles. The lowest BCUT2D eigenvalue weighted by Crippen LogP contribution is -2.60. The largest absolute Gasteiger partial charge is 0.388 e. The summed E-state index contributed by atoms with van der Waals surface area (Å²) < 4.78 is 10.5. The zero-order chi connectivity index (χ0) is 30.5. The van der Waals surface area contributed by atoms with Gasteiger partial charge in [-0.25, -0.2) is 0 Å². The van der Waals surface area contributed by atoms with E-state index in [1.54, 1.807) is 6.92 Å². The molecule has 3 aromatic rings. The van der Waals surface area contributed by atoms with Gasteiger partial charge in [-0.05, 0) is 59.2 Å². The Labute approximate surface area is 253 Å². The Morgan fingerprint density at radius 2 is 1.77 bits per heavy atom. The highest BCUT2D eigenvalue weighted by Crippen LogP contribution is 2.35. The predicted molar refractivity (Wildman–Crippen MR) is 163 cm³/mol. The van der Waals surface area contributed by atoms with Crippen LogP contribution in [0.4, 0.5) is 5.69 Å². The van der Waals surface area contributed by atoms with Crippen LogP contribution in [0.25, 0.3) is 26.8 Å². The number of nitrogens with zero attached hydrogens (tertiary/aromatic N) is 2. The van der Waals surface area contributed by atoms with E-state index < -0.39 is 36.6 Å². The van der Waals surface area contributed by atoms with Crippen molar-refractivity contribution in [2.45, 2.75) is 37.6 Å². The van der Waals surface area contributed by atoms with Crippen LogP contribution in [-0.4, -0.2) is 108 Å². The summed E-state index contributed by atoms with van der Waals surface area (Å²) in [5, 5.41) is 57.3. The van der Waals surface area contributed by atoms with Crippen LogP contribution in [0.3, 0.4) is 0 Å². The maximum atomic E-state index is 12.9. The summed E-state index contributed by atoms with van der Waals surface area (Å²) in [4.78, 5) is 17.0. The van der Waals surface area contributed by atoms with Crippen molar-refractivity contribution in [2.75, 3.05) is 51.3 Å². The smallest absolute Gasteiger partial charge is 0.262 e. The number of carbonyl (C=O) groups is 1. The Balaban J connectivity index is 1.23. The Kier molecular flexibility index (Phi) is 10.1. The monoisotopic (exact) mass is 608 g/mol. The van der Waals surface area contributed by atoms with E-state index >= 15 is 0 Å². The highest BCUT2D eigenvalue weighted by atomic mass is 32.1. The molecule has 43 heavy (non-hydrogen) atoms. The van der Waals surface area contributed by atoms with E-state index in [0.717, 1.165) is 71.2 Å². The van der Waals surface area contributed by atoms with E-state index in [1.807, 2.05) is 18.2 Å². The lowest BCUT2D eigenvalue weighted by Gasteiger charge is -2.38. The minimum Gasteiger partial charge on any atom is -0.388 e. The topological polar surface area (TPSA) is 168 Å². The number of fused-ring (bicyclic) bond motifs is 1. The second-order valence-corrected chi connectivity index (χ2v) is 11.8. The first kappa shape index (κ1) is 31.1. The summed E-state index contributed by atoms with van der Waals surface area (Å²) in [6, 6.07) is 18.4. The number of ether oxygens (including phenoxy) is 2. The molecule has 12 heteroatoms. The summed E-state index contributed by atoms with van der Waals surface area (Å²) in [5.74, 6) is -0.680. The fraction of sp³-hybridized carbons (Fsp3) is 0.419. The van der Waals surface area contributed by atoms with Crippen molar-refractivity contribution >= 4 is 39.3 Å². The molecule has 2 aliphatic rings. The molecule has 5 atom stereocenters. The predicted octanol–water partition coefficient (Wildman–Crippen LogP) is 1.53. The molecule has 0 aliphatic carbocycles. The molecule has 0 bridgehead atoms. The maximum Gasteiger partial charge on any atom is 0.262 e. The lowest BCUT2D eigenvalue weighted by atomic mass is 9.99. The number of aliphatic hydroxyl groups excluding tert-OH is 4. The van der Waals surface area contributed by atoms with Crippen LogP contribution in [0.15, 0.2) is 54.1 Å². The van der Waals surface area contributed by atoms with Gasteiger partial charge >= 0.3 is 0 Å². The maximum absolute atomic E-state index is 12.9. The molecule has 1 unspecified atom stereocenters. The minimum absolute atomic E-state index is 0.105. The van der Waals surface area contributed by atoms with Gasteiger partial charge in [0.15, 0.2) is 6.29 Å². The Morgan fingerprint density at radius 1 is 1.02 bits per heavy atom. The zero-order valence-electron chi connectivity index (χ0n) is 23.8. The van der Waals surface area contributed by atoms with Gasteiger partial charge in [0.2, 0.25) is 0 Å². The summed E-state index contributed by atoms with van der Waals surface area (Å²) in [6.07, 6.45) is -7.71. The lowest BCUT2D eigenvalue weighted by molar-refractivity contribution is -0.280. The molecular weight excluding hydrogens is 572 g/mol. The third-order valence-corrected chi connectivity index (χ3v) is 9.08. The fourth-order valence-electron chi connectivity index (χ4n) is 5.20. The minimum atomic E-state index is -1.71. The Hall–Kier alpha value is -3.38. The molecule has 2 aromatic carbocycles. The number of morpholine rings is 1. The molecule has 228 valence electrons. The number of carbonyl (C=O) groups excluding carboxylic acids is 1. The van der Waals surface area contributed by atoms with E-state index in [1.165, 1.54) is 11.3 Å². The van der Waals surface area contributed by atoms with Gasteiger partial charge in [0.25, 0.3) is 5.91 Å². The first-order chi connectivity index (χ1) is 20.7. The number of aliphatic hydroxyl groups is 4. The summed E-state index contributed by atoms with van der Waals surface area (Å²) in [5.41, 5.74) is 2.48. The number of rotatable bonds is 9. The molecule has 5 rings (SSSR count). The van der Waals surface area contributed by atoms with Gasteiger partial charge < -0.3 is 40.5 Å². The van der Waals surface area contributed by atoms with Crippen LogP contribution >= 0.6 is 11.3 Å². The molecule has 0 radical (unpaired) electrons. The van der Waals surface area contributed by atoms with Gasteiger partial charge in [0.05, 0.1) is 13.2 Å². The molecule has 1 aromatic heterocycles. The normalized spacial score (nSPS) is 25.2. The third-order valence-electron chi connectivity index (χ3n) is 7.83. The SMILES string of the molecule is C/C(=C(/C#N)C(=O)NC[C@H]1OC(O)[C@H](O)[C@@H](O)[C@@H]1O)c1ccc(-c2ccc3cc(NCCN4CCOCC4)ccc3c2)s1. The van der Waals surface area contributed by atoms with Crippen molar-refractivity contribution in [2.24, 2.45) is 0 Å². The van der Waals surface area contributed by atoms with Crippen LogP contribution in [0, 0.1) is 11.3 Å². The number of nitrogens with one attached hydrogen (secondary N) is 2. The van der Waals surface area contributed by atoms with Crippen molar-refractivity contribution in [3.05, 3.63) is 59.0 Å². The van der Waals surface area contributed by atoms with Gasteiger partial charge in [-0.3, -0.25) is 9.69 Å². The third kappa shape index (κ3) is 7.23. The Morgan fingerprint density at radius 3 is 2.53 bits per heavy atom. The summed E-state index contributed by atoms with van der Waals surface area (Å²) in [6.45, 7) is 6.78. The fourth-order valence-corrected chi connectivity index (χ4v) is 6.21. The van der Waals surface area contributed by atoms with E-state index in [-0.39, 0.29) is 12.1 Å². The van der Waals surface area contributed by atoms with E-state index in [0.29, 0.717) is 5.57 Å². The van der Waals surface area contributed by atoms with Crippen LogP contribution < -0.4 is 10.6 Å². The summed E-state index contributed by atoms with van der Waals surface area (Å²) >= 11 is 1.47. The number of allylic oxidation sites excluding steroid dienone is 1. The average Bonchev–Trinajstić information content (AvgIpc) is 3.52. The van der Waals surface area contributed by atoms with Gasteiger partial charge in [-0.2, -0.15) is 5.26 Å². The van der Waals surface area contributed by atoms with Crippen LogP contribution in [0.2, 0.25) is 0 Å². The van der Waals surface area contributed by atoms with Gasteiger partial charge in [0.1, 0.15) is 36.1 Å². The first-order valence-electron chi connectivity index (χ1n) is 14.2. The highest BCUT2D eigenvalue weighted by molar-refractivity contribution is 7.16. The van der Waals surface area contributed by atoms with Gasteiger partial charge in [-0.15, -0.1) is 11.3 Å². The van der Waals surface area contributed by atoms with Crippen LogP contribution in [0.5, 0.6) is 0 Å². The molecule has 2 fully saturated rings. The number of hydrogen-bond donors (Lipinski definition) is 6. The van der Waals surface area contributed by atoms with Crippen LogP contribution in [0.1, 0.15) is 11.8 Å². The molecule has 1 amide bonds. The molecule has 6 N–H and O–H groups in total. The number of thiophene rings is 1. The number of benzene rings is 2. The van der Waals surface area contributed by atoms with Crippen molar-refractivity contribution in [3.8, 4) is 16.5 Å². The first-order valence-corrected chi connectivity index (χ1v) is 15.0. The number of nitriles is 1. The second kappa shape index (κ2) is 13.9. The van der Waals surface area contributed by atoms with Gasteiger partial charge in [0, 0.05) is 48.2 Å². The van der Waals surface area contributed by atoms with Crippen molar-refractivity contribution in [1.82, 2.24) is 10.2 Å².